The maximum atomic E-state index is 13.6. The van der Waals surface area contributed by atoms with Gasteiger partial charge < -0.3 is 20.3 Å². The van der Waals surface area contributed by atoms with Crippen molar-refractivity contribution >= 4 is 17.9 Å². The second-order valence-electron chi connectivity index (χ2n) is 13.4. The quantitative estimate of drug-likeness (QED) is 0.200. The standard InChI is InChI=1S/C37H41F3N6O4/c1-23(44-34(48)29-18-28(20-41-21-29)33-12-15-43-46(33)31-13-16-45(17-14-31)24(2)47)25-6-8-26(9-7-25)32-19-30(37(38,39)40)11-10-27(32)22-42-35(49)50-36(3,4)5/h6-12,15,18-21,23,31H,13-14,16-17,22H2,1-5H3,(H,42,49)(H,44,48)/t23-/m1/s1. The summed E-state index contributed by atoms with van der Waals surface area (Å²) in [7, 11) is 0. The molecular formula is C37H41F3N6O4. The van der Waals surface area contributed by atoms with E-state index in [1.165, 1.54) is 12.3 Å². The first-order valence-corrected chi connectivity index (χ1v) is 16.4. The van der Waals surface area contributed by atoms with Crippen molar-refractivity contribution in [2.24, 2.45) is 0 Å². The molecule has 264 valence electrons. The number of aromatic nitrogens is 3. The minimum atomic E-state index is -4.55. The fraction of sp³-hybridized carbons (Fsp3) is 0.378. The SMILES string of the molecule is CC(=O)N1CCC(n2nccc2-c2cncc(C(=O)N[C@H](C)c3ccc(-c4cc(C(F)(F)F)ccc4CNC(=O)OC(C)(C)C)cc3)c2)CC1. The van der Waals surface area contributed by atoms with Crippen LogP contribution in [0.15, 0.2) is 73.2 Å². The van der Waals surface area contributed by atoms with Crippen molar-refractivity contribution in [2.75, 3.05) is 13.1 Å². The van der Waals surface area contributed by atoms with Crippen LogP contribution in [0.5, 0.6) is 0 Å². The lowest BCUT2D eigenvalue weighted by Gasteiger charge is -2.32. The lowest BCUT2D eigenvalue weighted by molar-refractivity contribution is -0.137. The highest BCUT2D eigenvalue weighted by atomic mass is 19.4. The van der Waals surface area contributed by atoms with Gasteiger partial charge in [-0.2, -0.15) is 18.3 Å². The summed E-state index contributed by atoms with van der Waals surface area (Å²) >= 11 is 0. The number of benzene rings is 2. The minimum absolute atomic E-state index is 0.0381. The van der Waals surface area contributed by atoms with Gasteiger partial charge in [0.1, 0.15) is 5.60 Å². The van der Waals surface area contributed by atoms with E-state index in [4.69, 9.17) is 4.74 Å². The number of hydrogen-bond donors (Lipinski definition) is 2. The van der Waals surface area contributed by atoms with Crippen LogP contribution in [0.1, 0.15) is 86.6 Å². The fourth-order valence-electron chi connectivity index (χ4n) is 5.94. The van der Waals surface area contributed by atoms with Gasteiger partial charge in [-0.3, -0.25) is 19.3 Å². The monoisotopic (exact) mass is 690 g/mol. The Morgan fingerprint density at radius 1 is 0.960 bits per heavy atom. The summed E-state index contributed by atoms with van der Waals surface area (Å²) in [5.74, 6) is -0.281. The number of hydrogen-bond acceptors (Lipinski definition) is 6. The molecule has 1 aliphatic heterocycles. The van der Waals surface area contributed by atoms with Crippen molar-refractivity contribution in [2.45, 2.75) is 77.9 Å². The van der Waals surface area contributed by atoms with Gasteiger partial charge in [-0.15, -0.1) is 0 Å². The third-order valence-electron chi connectivity index (χ3n) is 8.55. The maximum absolute atomic E-state index is 13.6. The minimum Gasteiger partial charge on any atom is -0.444 e. The number of alkyl carbamates (subject to hydrolysis) is 1. The van der Waals surface area contributed by atoms with E-state index in [-0.39, 0.29) is 24.4 Å². The highest BCUT2D eigenvalue weighted by molar-refractivity contribution is 5.95. The van der Waals surface area contributed by atoms with Crippen LogP contribution in [-0.2, 0) is 22.3 Å². The summed E-state index contributed by atoms with van der Waals surface area (Å²) in [5.41, 5.74) is 2.42. The molecular weight excluding hydrogens is 649 g/mol. The molecule has 5 rings (SSSR count). The molecule has 13 heteroatoms. The van der Waals surface area contributed by atoms with Gasteiger partial charge in [0.05, 0.1) is 28.9 Å². The van der Waals surface area contributed by atoms with E-state index in [1.54, 1.807) is 70.4 Å². The molecule has 3 amide bonds. The first-order valence-electron chi connectivity index (χ1n) is 16.4. The summed E-state index contributed by atoms with van der Waals surface area (Å²) in [6, 6.07) is 13.6. The third-order valence-corrected chi connectivity index (χ3v) is 8.55. The Bertz CT molecular complexity index is 1840. The van der Waals surface area contributed by atoms with Crippen molar-refractivity contribution in [1.29, 1.82) is 0 Å². The van der Waals surface area contributed by atoms with Gasteiger partial charge in [-0.1, -0.05) is 30.3 Å². The predicted molar refractivity (Wildman–Crippen MR) is 182 cm³/mol. The molecule has 1 saturated heterocycles. The zero-order chi connectivity index (χ0) is 36.2. The normalized spacial score (nSPS) is 14.6. The molecule has 1 atom stereocenters. The van der Waals surface area contributed by atoms with E-state index in [9.17, 15) is 27.6 Å². The van der Waals surface area contributed by atoms with E-state index in [1.807, 2.05) is 22.6 Å². The number of piperidine rings is 1. The number of rotatable bonds is 8. The number of amides is 3. The molecule has 0 spiro atoms. The average Bonchev–Trinajstić information content (AvgIpc) is 3.56. The molecule has 0 unspecified atom stereocenters. The summed E-state index contributed by atoms with van der Waals surface area (Å²) in [6.07, 6.45) is 1.20. The molecule has 4 aromatic rings. The van der Waals surface area contributed by atoms with Crippen molar-refractivity contribution in [1.82, 2.24) is 30.3 Å². The van der Waals surface area contributed by atoms with Gasteiger partial charge in [0.2, 0.25) is 5.91 Å². The van der Waals surface area contributed by atoms with Crippen LogP contribution >= 0.6 is 0 Å². The fourth-order valence-corrected chi connectivity index (χ4v) is 5.94. The van der Waals surface area contributed by atoms with E-state index in [0.29, 0.717) is 35.3 Å². The van der Waals surface area contributed by atoms with E-state index < -0.39 is 29.5 Å². The maximum Gasteiger partial charge on any atom is 0.416 e. The lowest BCUT2D eigenvalue weighted by Crippen LogP contribution is -2.38. The molecule has 50 heavy (non-hydrogen) atoms. The Morgan fingerprint density at radius 3 is 2.30 bits per heavy atom. The van der Waals surface area contributed by atoms with Crippen LogP contribution in [0, 0.1) is 0 Å². The molecule has 1 aliphatic rings. The first kappa shape index (κ1) is 36.1. The van der Waals surface area contributed by atoms with Crippen LogP contribution in [0.25, 0.3) is 22.4 Å². The number of nitrogens with one attached hydrogen (secondary N) is 2. The second kappa shape index (κ2) is 14.7. The Morgan fingerprint density at radius 2 is 1.66 bits per heavy atom. The van der Waals surface area contributed by atoms with Crippen LogP contribution in [0.3, 0.4) is 0 Å². The molecule has 2 aromatic heterocycles. The van der Waals surface area contributed by atoms with Crippen LogP contribution < -0.4 is 10.6 Å². The van der Waals surface area contributed by atoms with Crippen molar-refractivity contribution < 1.29 is 32.3 Å². The van der Waals surface area contributed by atoms with Crippen LogP contribution in [0.2, 0.25) is 0 Å². The molecule has 2 N–H and O–H groups in total. The molecule has 10 nitrogen and oxygen atoms in total. The molecule has 0 bridgehead atoms. The zero-order valence-corrected chi connectivity index (χ0v) is 28.7. The zero-order valence-electron chi connectivity index (χ0n) is 28.7. The number of nitrogens with zero attached hydrogens (tertiary/aromatic N) is 4. The number of carbonyl (C=O) groups excluding carboxylic acids is 3. The molecule has 0 saturated carbocycles. The van der Waals surface area contributed by atoms with Gasteiger partial charge in [-0.05, 0) is 87.1 Å². The van der Waals surface area contributed by atoms with E-state index in [2.05, 4.69) is 20.7 Å². The first-order chi connectivity index (χ1) is 23.6. The number of halogens is 3. The number of carbonyl (C=O) groups is 3. The van der Waals surface area contributed by atoms with Crippen LogP contribution in [-0.4, -0.2) is 56.3 Å². The van der Waals surface area contributed by atoms with Gasteiger partial charge in [-0.25, -0.2) is 4.79 Å². The summed E-state index contributed by atoms with van der Waals surface area (Å²) in [4.78, 5) is 43.5. The number of alkyl halides is 3. The van der Waals surface area contributed by atoms with E-state index >= 15 is 0 Å². The van der Waals surface area contributed by atoms with Crippen molar-refractivity contribution in [3.05, 3.63) is 95.4 Å². The Balaban J connectivity index is 1.29. The highest BCUT2D eigenvalue weighted by Gasteiger charge is 2.31. The predicted octanol–water partition coefficient (Wildman–Crippen LogP) is 7.33. The number of ether oxygens (including phenoxy) is 1. The smallest absolute Gasteiger partial charge is 0.416 e. The Kier molecular flexibility index (Phi) is 10.6. The average molecular weight is 691 g/mol. The second-order valence-corrected chi connectivity index (χ2v) is 13.4. The summed E-state index contributed by atoms with van der Waals surface area (Å²) in [5, 5.41) is 10.1. The molecule has 0 radical (unpaired) electrons. The van der Waals surface area contributed by atoms with Gasteiger partial charge in [0, 0.05) is 50.7 Å². The number of pyridine rings is 1. The van der Waals surface area contributed by atoms with Gasteiger partial charge in [0.25, 0.3) is 5.91 Å². The molecule has 3 heterocycles. The Labute approximate surface area is 289 Å². The van der Waals surface area contributed by atoms with E-state index in [0.717, 1.165) is 41.8 Å². The van der Waals surface area contributed by atoms with Crippen molar-refractivity contribution in [3.63, 3.8) is 0 Å². The topological polar surface area (TPSA) is 118 Å². The molecule has 0 aliphatic carbocycles. The lowest BCUT2D eigenvalue weighted by atomic mass is 9.95. The van der Waals surface area contributed by atoms with Crippen LogP contribution in [0.4, 0.5) is 18.0 Å². The van der Waals surface area contributed by atoms with Crippen molar-refractivity contribution in [3.8, 4) is 22.4 Å². The Hall–Kier alpha value is -5.20. The summed E-state index contributed by atoms with van der Waals surface area (Å²) < 4.78 is 48.1. The molecule has 1 fully saturated rings. The highest BCUT2D eigenvalue weighted by Crippen LogP contribution is 2.35. The molecule has 2 aromatic carbocycles. The summed E-state index contributed by atoms with van der Waals surface area (Å²) in [6.45, 7) is 9.82. The van der Waals surface area contributed by atoms with Gasteiger partial charge in [0.15, 0.2) is 0 Å². The largest absolute Gasteiger partial charge is 0.444 e. The third kappa shape index (κ3) is 8.87. The van der Waals surface area contributed by atoms with Gasteiger partial charge >= 0.3 is 12.3 Å². The number of likely N-dealkylation sites (tertiary alicyclic amines) is 1.